The molecule has 5 heteroatoms. The lowest BCUT2D eigenvalue weighted by Crippen LogP contribution is -2.30. The summed E-state index contributed by atoms with van der Waals surface area (Å²) in [5.74, 6) is -0.0110. The van der Waals surface area contributed by atoms with Gasteiger partial charge in [0, 0.05) is 23.2 Å². The number of aromatic nitrogens is 1. The fraction of sp³-hybridized carbons (Fsp3) is 0.412. The van der Waals surface area contributed by atoms with Crippen molar-refractivity contribution in [2.45, 2.75) is 40.2 Å². The van der Waals surface area contributed by atoms with Crippen LogP contribution in [0.3, 0.4) is 0 Å². The van der Waals surface area contributed by atoms with Crippen molar-refractivity contribution >= 4 is 22.9 Å². The number of rotatable bonds is 4. The summed E-state index contributed by atoms with van der Waals surface area (Å²) in [6.07, 6.45) is 0.921. The molecular weight excluding hydrogens is 294 g/mol. The Morgan fingerprint density at radius 1 is 1.41 bits per heavy atom. The summed E-state index contributed by atoms with van der Waals surface area (Å²) in [5.41, 5.74) is 9.04. The molecule has 0 spiro atoms. The van der Waals surface area contributed by atoms with Crippen molar-refractivity contribution < 1.29 is 4.79 Å². The van der Waals surface area contributed by atoms with Crippen molar-refractivity contribution in [1.82, 2.24) is 9.88 Å². The zero-order valence-electron chi connectivity index (χ0n) is 13.8. The number of aryl methyl sites for hydroxylation is 3. The number of carbonyl (C=O) groups excluding carboxylic acids is 1. The Hall–Kier alpha value is -1.88. The zero-order chi connectivity index (χ0) is 16.4. The molecule has 2 rings (SSSR count). The number of amides is 1. The molecule has 1 amide bonds. The van der Waals surface area contributed by atoms with E-state index in [1.54, 1.807) is 22.3 Å². The molecule has 1 unspecified atom stereocenters. The second-order valence-electron chi connectivity index (χ2n) is 5.58. The molecule has 0 fully saturated rings. The van der Waals surface area contributed by atoms with E-state index >= 15 is 0 Å². The number of carbonyl (C=O) groups is 1. The molecule has 0 aliphatic heterocycles. The molecule has 1 aromatic heterocycles. The van der Waals surface area contributed by atoms with E-state index in [1.807, 2.05) is 40.0 Å². The first kappa shape index (κ1) is 16.5. The van der Waals surface area contributed by atoms with E-state index in [1.165, 1.54) is 0 Å². The van der Waals surface area contributed by atoms with Crippen molar-refractivity contribution in [2.24, 2.45) is 0 Å². The van der Waals surface area contributed by atoms with E-state index in [0.29, 0.717) is 11.3 Å². The van der Waals surface area contributed by atoms with Crippen LogP contribution in [0.15, 0.2) is 18.2 Å². The number of benzene rings is 1. The number of nitrogens with zero attached hydrogens (tertiary/aromatic N) is 2. The van der Waals surface area contributed by atoms with Gasteiger partial charge in [-0.3, -0.25) is 4.79 Å². The topological polar surface area (TPSA) is 59.2 Å². The minimum absolute atomic E-state index is 0.00821. The van der Waals surface area contributed by atoms with Crippen molar-refractivity contribution in [1.29, 1.82) is 0 Å². The third kappa shape index (κ3) is 3.14. The highest BCUT2D eigenvalue weighted by atomic mass is 32.1. The lowest BCUT2D eigenvalue weighted by Gasteiger charge is -2.25. The van der Waals surface area contributed by atoms with Crippen LogP contribution in [-0.4, -0.2) is 22.8 Å². The van der Waals surface area contributed by atoms with Gasteiger partial charge in [0.25, 0.3) is 5.91 Å². The maximum absolute atomic E-state index is 12.8. The number of hydrogen-bond acceptors (Lipinski definition) is 4. The minimum Gasteiger partial charge on any atom is -0.399 e. The average molecular weight is 317 g/mol. The predicted molar refractivity (Wildman–Crippen MR) is 92.3 cm³/mol. The lowest BCUT2D eigenvalue weighted by atomic mass is 10.1. The molecule has 0 saturated heterocycles. The molecule has 2 aromatic rings. The highest BCUT2D eigenvalue weighted by Crippen LogP contribution is 2.30. The van der Waals surface area contributed by atoms with Crippen LogP contribution >= 0.6 is 11.3 Å². The van der Waals surface area contributed by atoms with Gasteiger partial charge >= 0.3 is 0 Å². The van der Waals surface area contributed by atoms with E-state index in [9.17, 15) is 4.79 Å². The molecule has 0 aliphatic carbocycles. The Kier molecular flexibility index (Phi) is 4.86. The Labute approximate surface area is 136 Å². The van der Waals surface area contributed by atoms with E-state index < -0.39 is 0 Å². The summed E-state index contributed by atoms with van der Waals surface area (Å²) in [6.45, 7) is 8.07. The summed E-state index contributed by atoms with van der Waals surface area (Å²) in [4.78, 5) is 20.2. The Morgan fingerprint density at radius 3 is 2.68 bits per heavy atom. The van der Waals surface area contributed by atoms with E-state index in [-0.39, 0.29) is 11.9 Å². The van der Waals surface area contributed by atoms with Gasteiger partial charge < -0.3 is 10.6 Å². The second kappa shape index (κ2) is 6.48. The van der Waals surface area contributed by atoms with Gasteiger partial charge in [0.15, 0.2) is 0 Å². The SMILES string of the molecule is CCc1nc(C)c(C(C)N(C)C(=O)c2cc(N)ccc2C)s1. The fourth-order valence-electron chi connectivity index (χ4n) is 2.42. The smallest absolute Gasteiger partial charge is 0.254 e. The molecule has 4 nitrogen and oxygen atoms in total. The van der Waals surface area contributed by atoms with E-state index in [2.05, 4.69) is 11.9 Å². The van der Waals surface area contributed by atoms with Gasteiger partial charge in [0.05, 0.1) is 16.7 Å². The monoisotopic (exact) mass is 317 g/mol. The van der Waals surface area contributed by atoms with Crippen LogP contribution in [0.2, 0.25) is 0 Å². The third-order valence-electron chi connectivity index (χ3n) is 3.95. The van der Waals surface area contributed by atoms with Crippen LogP contribution < -0.4 is 5.73 Å². The maximum Gasteiger partial charge on any atom is 0.254 e. The normalized spacial score (nSPS) is 12.2. The molecule has 1 heterocycles. The first-order valence-electron chi connectivity index (χ1n) is 7.44. The van der Waals surface area contributed by atoms with Gasteiger partial charge in [0.1, 0.15) is 0 Å². The molecule has 0 saturated carbocycles. The Bertz CT molecular complexity index is 693. The second-order valence-corrected chi connectivity index (χ2v) is 6.69. The Morgan fingerprint density at radius 2 is 2.09 bits per heavy atom. The summed E-state index contributed by atoms with van der Waals surface area (Å²) in [5, 5.41) is 1.11. The van der Waals surface area contributed by atoms with Gasteiger partial charge in [0.2, 0.25) is 0 Å². The molecule has 0 bridgehead atoms. The first-order valence-corrected chi connectivity index (χ1v) is 8.26. The van der Waals surface area contributed by atoms with Crippen molar-refractivity contribution in [2.75, 3.05) is 12.8 Å². The molecule has 0 aliphatic rings. The summed E-state index contributed by atoms with van der Waals surface area (Å²) < 4.78 is 0. The molecule has 2 N–H and O–H groups in total. The number of nitrogen functional groups attached to an aromatic ring is 1. The quantitative estimate of drug-likeness (QED) is 0.874. The van der Waals surface area contributed by atoms with Crippen LogP contribution in [0.4, 0.5) is 5.69 Å². The van der Waals surface area contributed by atoms with Gasteiger partial charge in [-0.2, -0.15) is 0 Å². The van der Waals surface area contributed by atoms with E-state index in [4.69, 9.17) is 5.73 Å². The molecular formula is C17H23N3OS. The number of anilines is 1. The van der Waals surface area contributed by atoms with E-state index in [0.717, 1.165) is 27.6 Å². The molecule has 22 heavy (non-hydrogen) atoms. The fourth-order valence-corrected chi connectivity index (χ4v) is 3.52. The summed E-state index contributed by atoms with van der Waals surface area (Å²) in [6, 6.07) is 5.44. The lowest BCUT2D eigenvalue weighted by molar-refractivity contribution is 0.0744. The predicted octanol–water partition coefficient (Wildman–Crippen LogP) is 3.74. The molecule has 118 valence electrons. The molecule has 1 atom stereocenters. The highest BCUT2D eigenvalue weighted by Gasteiger charge is 2.23. The van der Waals surface area contributed by atoms with Crippen molar-refractivity contribution in [3.05, 3.63) is 44.9 Å². The number of hydrogen-bond donors (Lipinski definition) is 1. The summed E-state index contributed by atoms with van der Waals surface area (Å²) >= 11 is 1.69. The van der Waals surface area contributed by atoms with Crippen molar-refractivity contribution in [3.63, 3.8) is 0 Å². The average Bonchev–Trinajstić information content (AvgIpc) is 2.88. The maximum atomic E-state index is 12.8. The highest BCUT2D eigenvalue weighted by molar-refractivity contribution is 7.11. The van der Waals surface area contributed by atoms with Gasteiger partial charge in [-0.25, -0.2) is 4.98 Å². The van der Waals surface area contributed by atoms with Crippen LogP contribution in [0.5, 0.6) is 0 Å². The third-order valence-corrected chi connectivity index (χ3v) is 5.42. The van der Waals surface area contributed by atoms with Gasteiger partial charge in [-0.1, -0.05) is 13.0 Å². The van der Waals surface area contributed by atoms with Crippen LogP contribution in [-0.2, 0) is 6.42 Å². The first-order chi connectivity index (χ1) is 10.3. The minimum atomic E-state index is -0.0110. The van der Waals surface area contributed by atoms with Crippen molar-refractivity contribution in [3.8, 4) is 0 Å². The zero-order valence-corrected chi connectivity index (χ0v) is 14.6. The van der Waals surface area contributed by atoms with Gasteiger partial charge in [-0.15, -0.1) is 11.3 Å². The van der Waals surface area contributed by atoms with Gasteiger partial charge in [-0.05, 0) is 44.9 Å². The molecule has 0 radical (unpaired) electrons. The summed E-state index contributed by atoms with van der Waals surface area (Å²) in [7, 11) is 1.83. The molecule has 1 aromatic carbocycles. The van der Waals surface area contributed by atoms with Crippen LogP contribution in [0, 0.1) is 13.8 Å². The van der Waals surface area contributed by atoms with Crippen LogP contribution in [0.1, 0.15) is 51.4 Å². The number of nitrogens with two attached hydrogens (primary N) is 1. The standard InChI is InChI=1S/C17H23N3OS/c1-6-15-19-11(3)16(22-15)12(4)20(5)17(21)14-9-13(18)8-7-10(14)2/h7-9,12H,6,18H2,1-5H3. The van der Waals surface area contributed by atoms with Crippen LogP contribution in [0.25, 0.3) is 0 Å². The number of thiazole rings is 1. The Balaban J connectivity index is 2.29. The largest absolute Gasteiger partial charge is 0.399 e.